The minimum Gasteiger partial charge on any atom is -0.468 e. The number of carbonyl (C=O) groups is 2. The van der Waals surface area contributed by atoms with Crippen LogP contribution < -0.4 is 5.32 Å². The number of ether oxygens (including phenoxy) is 1. The minimum atomic E-state index is -4.81. The summed E-state index contributed by atoms with van der Waals surface area (Å²) in [6.07, 6.45) is -6.48. The molecule has 4 rings (SSSR count). The molecule has 0 fully saturated rings. The van der Waals surface area contributed by atoms with Gasteiger partial charge in [0.2, 0.25) is 0 Å². The molecule has 3 aromatic rings. The highest BCUT2D eigenvalue weighted by atomic mass is 35.5. The van der Waals surface area contributed by atoms with Crippen LogP contribution in [0.4, 0.5) is 17.6 Å². The monoisotopic (exact) mass is 542 g/mol. The Bertz CT molecular complexity index is 1370. The molecule has 188 valence electrons. The molecule has 1 aliphatic heterocycles. The van der Waals surface area contributed by atoms with Gasteiger partial charge >= 0.3 is 12.1 Å². The second-order valence-electron chi connectivity index (χ2n) is 7.79. The number of hydrogen-bond acceptors (Lipinski definition) is 5. The number of oxime groups is 1. The van der Waals surface area contributed by atoms with Crippen molar-refractivity contribution in [2.75, 3.05) is 13.7 Å². The molecule has 0 radical (unpaired) electrons. The van der Waals surface area contributed by atoms with Gasteiger partial charge in [0.05, 0.1) is 17.2 Å². The lowest BCUT2D eigenvalue weighted by Gasteiger charge is -2.23. The predicted molar refractivity (Wildman–Crippen MR) is 125 cm³/mol. The molecule has 1 N–H and O–H groups in total. The molecule has 36 heavy (non-hydrogen) atoms. The smallest absolute Gasteiger partial charge is 0.401 e. The molecule has 0 aromatic heterocycles. The zero-order valence-corrected chi connectivity index (χ0v) is 19.8. The molecule has 3 aromatic carbocycles. The van der Waals surface area contributed by atoms with E-state index in [0.29, 0.717) is 10.8 Å². The van der Waals surface area contributed by atoms with Crippen LogP contribution in [0.3, 0.4) is 0 Å². The van der Waals surface area contributed by atoms with Crippen LogP contribution in [0.15, 0.2) is 53.7 Å². The van der Waals surface area contributed by atoms with E-state index in [1.54, 1.807) is 18.2 Å². The number of esters is 1. The fraction of sp³-hybridized carbons (Fsp3) is 0.208. The van der Waals surface area contributed by atoms with Crippen LogP contribution in [-0.2, 0) is 14.4 Å². The Kier molecular flexibility index (Phi) is 7.10. The molecular weight excluding hydrogens is 527 g/mol. The second-order valence-corrected chi connectivity index (χ2v) is 8.60. The summed E-state index contributed by atoms with van der Waals surface area (Å²) in [4.78, 5) is 29.2. The average molecular weight is 543 g/mol. The lowest BCUT2D eigenvalue weighted by Crippen LogP contribution is -2.33. The Labute approximate surface area is 211 Å². The van der Waals surface area contributed by atoms with E-state index < -0.39 is 51.6 Å². The quantitative estimate of drug-likeness (QED) is 0.249. The molecule has 12 heteroatoms. The van der Waals surface area contributed by atoms with Crippen LogP contribution in [0.25, 0.3) is 10.8 Å². The maximum Gasteiger partial charge on any atom is 0.401 e. The molecule has 0 aliphatic carbocycles. The van der Waals surface area contributed by atoms with Crippen molar-refractivity contribution < 1.29 is 36.7 Å². The van der Waals surface area contributed by atoms with Gasteiger partial charge in [-0.25, -0.2) is 4.39 Å². The molecule has 6 nitrogen and oxygen atoms in total. The van der Waals surface area contributed by atoms with Crippen molar-refractivity contribution in [3.63, 3.8) is 0 Å². The third kappa shape index (κ3) is 4.83. The van der Waals surface area contributed by atoms with Crippen LogP contribution >= 0.6 is 23.2 Å². The van der Waals surface area contributed by atoms with Crippen LogP contribution in [0.5, 0.6) is 0 Å². The lowest BCUT2D eigenvalue weighted by atomic mass is 9.85. The topological polar surface area (TPSA) is 77.0 Å². The molecule has 0 saturated carbocycles. The van der Waals surface area contributed by atoms with E-state index in [1.165, 1.54) is 25.3 Å². The van der Waals surface area contributed by atoms with Gasteiger partial charge in [0, 0.05) is 11.1 Å². The Balaban J connectivity index is 1.77. The number of fused-ring (bicyclic) bond motifs is 1. The third-order valence-corrected chi connectivity index (χ3v) is 6.16. The highest BCUT2D eigenvalue weighted by Gasteiger charge is 2.54. The van der Waals surface area contributed by atoms with Crippen LogP contribution in [0.2, 0.25) is 10.0 Å². The van der Waals surface area contributed by atoms with Crippen molar-refractivity contribution in [3.05, 3.63) is 81.1 Å². The zero-order chi connectivity index (χ0) is 26.2. The van der Waals surface area contributed by atoms with Crippen molar-refractivity contribution in [3.8, 4) is 0 Å². The van der Waals surface area contributed by atoms with Crippen LogP contribution in [0.1, 0.15) is 27.6 Å². The van der Waals surface area contributed by atoms with Crippen molar-refractivity contribution in [1.82, 2.24) is 5.32 Å². The summed E-state index contributed by atoms with van der Waals surface area (Å²) in [5, 5.41) is 5.87. The number of carbonyl (C=O) groups excluding carboxylic acids is 2. The first-order chi connectivity index (χ1) is 17.0. The van der Waals surface area contributed by atoms with E-state index in [0.717, 1.165) is 12.1 Å². The van der Waals surface area contributed by atoms with E-state index in [2.05, 4.69) is 15.2 Å². The Morgan fingerprint density at radius 1 is 1.08 bits per heavy atom. The van der Waals surface area contributed by atoms with Crippen LogP contribution in [0, 0.1) is 11.7 Å². The van der Waals surface area contributed by atoms with Gasteiger partial charge < -0.3 is 14.9 Å². The summed E-state index contributed by atoms with van der Waals surface area (Å²) in [5.74, 6) is -4.48. The van der Waals surface area contributed by atoms with Crippen molar-refractivity contribution in [2.24, 2.45) is 11.1 Å². The standard InChI is InChI=1S/C24H16Cl2F4N2O4/c1-35-18(33)10-31-23(34)15-7-6-14(12-4-2-3-5-13(12)15)21-19(24(28,29)30)22(36-32-21)11-8-16(25)20(27)17(26)9-11/h2-9,19,22H,10H2,1H3,(H,31,34). The van der Waals surface area contributed by atoms with Gasteiger partial charge in [-0.1, -0.05) is 58.7 Å². The summed E-state index contributed by atoms with van der Waals surface area (Å²) in [6, 6.07) is 11.0. The summed E-state index contributed by atoms with van der Waals surface area (Å²) in [5.41, 5.74) is -0.313. The molecule has 0 bridgehead atoms. The van der Waals surface area contributed by atoms with Crippen molar-refractivity contribution >= 4 is 51.6 Å². The number of halogens is 6. The van der Waals surface area contributed by atoms with Crippen LogP contribution in [-0.4, -0.2) is 37.4 Å². The Morgan fingerprint density at radius 3 is 2.33 bits per heavy atom. The highest BCUT2D eigenvalue weighted by molar-refractivity contribution is 6.35. The maximum atomic E-state index is 14.3. The lowest BCUT2D eigenvalue weighted by molar-refractivity contribution is -0.177. The number of nitrogens with one attached hydrogen (secondary N) is 1. The van der Waals surface area contributed by atoms with Crippen molar-refractivity contribution in [1.29, 1.82) is 0 Å². The Hall–Kier alpha value is -3.37. The molecule has 0 spiro atoms. The average Bonchev–Trinajstić information content (AvgIpc) is 3.30. The summed E-state index contributed by atoms with van der Waals surface area (Å²) in [6.45, 7) is -0.382. The van der Waals surface area contributed by atoms with E-state index in [1.807, 2.05) is 0 Å². The van der Waals surface area contributed by atoms with E-state index in [4.69, 9.17) is 28.0 Å². The number of alkyl halides is 3. The molecule has 2 unspecified atom stereocenters. The Morgan fingerprint density at radius 2 is 1.72 bits per heavy atom. The van der Waals surface area contributed by atoms with Gasteiger partial charge in [-0.3, -0.25) is 9.59 Å². The summed E-state index contributed by atoms with van der Waals surface area (Å²) < 4.78 is 61.3. The fourth-order valence-corrected chi connectivity index (χ4v) is 4.45. The molecule has 1 heterocycles. The SMILES string of the molecule is COC(=O)CNC(=O)c1ccc(C2=NOC(c3cc(Cl)c(F)c(Cl)c3)C2C(F)(F)F)c2ccccc12. The van der Waals surface area contributed by atoms with Gasteiger partial charge in [-0.05, 0) is 34.5 Å². The van der Waals surface area contributed by atoms with E-state index in [9.17, 15) is 27.2 Å². The first kappa shape index (κ1) is 25.7. The normalized spacial score (nSPS) is 17.5. The fourth-order valence-electron chi connectivity index (χ4n) is 3.95. The minimum absolute atomic E-state index is 0.0826. The van der Waals surface area contributed by atoms with Gasteiger partial charge in [-0.2, -0.15) is 13.2 Å². The second kappa shape index (κ2) is 9.94. The van der Waals surface area contributed by atoms with Gasteiger partial charge in [0.15, 0.2) is 11.9 Å². The number of amides is 1. The third-order valence-electron chi connectivity index (χ3n) is 5.61. The largest absolute Gasteiger partial charge is 0.468 e. The zero-order valence-electron chi connectivity index (χ0n) is 18.3. The molecule has 1 aliphatic rings. The summed E-state index contributed by atoms with van der Waals surface area (Å²) in [7, 11) is 1.17. The number of rotatable bonds is 5. The number of nitrogens with zero attached hydrogens (tertiary/aromatic N) is 1. The van der Waals surface area contributed by atoms with Gasteiger partial charge in [0.1, 0.15) is 18.2 Å². The van der Waals surface area contributed by atoms with Gasteiger partial charge in [-0.15, -0.1) is 0 Å². The van der Waals surface area contributed by atoms with Crippen molar-refractivity contribution in [2.45, 2.75) is 12.3 Å². The number of benzene rings is 3. The highest BCUT2D eigenvalue weighted by Crippen LogP contribution is 2.46. The number of methoxy groups -OCH3 is 1. The summed E-state index contributed by atoms with van der Waals surface area (Å²) >= 11 is 11.6. The van der Waals surface area contributed by atoms with E-state index >= 15 is 0 Å². The first-order valence-electron chi connectivity index (χ1n) is 10.3. The molecular formula is C24H16Cl2F4N2O4. The molecule has 2 atom stereocenters. The first-order valence-corrected chi connectivity index (χ1v) is 11.1. The molecule has 0 saturated heterocycles. The van der Waals surface area contributed by atoms with Gasteiger partial charge in [0.25, 0.3) is 5.91 Å². The predicted octanol–water partition coefficient (Wildman–Crippen LogP) is 5.84. The maximum absolute atomic E-state index is 14.3. The van der Waals surface area contributed by atoms with E-state index in [-0.39, 0.29) is 23.2 Å². The number of hydrogen-bond donors (Lipinski definition) is 1. The molecule has 1 amide bonds.